The fourth-order valence-electron chi connectivity index (χ4n) is 3.81. The Hall–Kier alpha value is -5.07. The number of ether oxygens (including phenoxy) is 2. The van der Waals surface area contributed by atoms with Gasteiger partial charge < -0.3 is 19.7 Å². The van der Waals surface area contributed by atoms with Gasteiger partial charge in [-0.1, -0.05) is 30.3 Å². The number of amides is 2. The van der Waals surface area contributed by atoms with Crippen molar-refractivity contribution in [3.63, 3.8) is 0 Å². The number of esters is 1. The van der Waals surface area contributed by atoms with Gasteiger partial charge in [0.1, 0.15) is 32.1 Å². The molecule has 0 aliphatic carbocycles. The normalized spacial score (nSPS) is 16.3. The van der Waals surface area contributed by atoms with Gasteiger partial charge in [0, 0.05) is 24.5 Å². The Labute approximate surface area is 216 Å². The number of likely N-dealkylation sites (tertiary alicyclic amines) is 1. The molecule has 4 rings (SSSR count). The van der Waals surface area contributed by atoms with E-state index in [4.69, 9.17) is 9.47 Å². The van der Waals surface area contributed by atoms with Crippen LogP contribution in [0.2, 0.25) is 0 Å². The lowest BCUT2D eigenvalue weighted by atomic mass is 9.95. The van der Waals surface area contributed by atoms with Crippen LogP contribution in [0, 0.1) is 10.1 Å². The Morgan fingerprint density at radius 1 is 1.03 bits per heavy atom. The zero-order chi connectivity index (χ0) is 27.1. The summed E-state index contributed by atoms with van der Waals surface area (Å²) in [5.74, 6) is -1.67. The third-order valence-corrected chi connectivity index (χ3v) is 5.80. The highest BCUT2D eigenvalue weighted by Gasteiger charge is 2.49. The number of rotatable bonds is 10. The number of imidazole rings is 1. The summed E-state index contributed by atoms with van der Waals surface area (Å²) in [6, 6.07) is 12.6. The number of non-ortho nitro benzene ring substituents is 1. The minimum absolute atomic E-state index is 0.0451. The second kappa shape index (κ2) is 11.8. The van der Waals surface area contributed by atoms with E-state index in [1.165, 1.54) is 43.0 Å². The predicted molar refractivity (Wildman–Crippen MR) is 129 cm³/mol. The number of nitro benzene ring substituents is 1. The van der Waals surface area contributed by atoms with Crippen LogP contribution >= 0.6 is 0 Å². The van der Waals surface area contributed by atoms with Gasteiger partial charge in [0.2, 0.25) is 11.8 Å². The molecule has 0 bridgehead atoms. The molecular formula is C25H23N5O8. The topological polar surface area (TPSA) is 163 Å². The maximum Gasteiger partial charge on any atom is 0.419 e. The fraction of sp³-hybridized carbons (Fsp3) is 0.240. The van der Waals surface area contributed by atoms with E-state index in [-0.39, 0.29) is 25.3 Å². The highest BCUT2D eigenvalue weighted by Crippen LogP contribution is 2.22. The second-order valence-corrected chi connectivity index (χ2v) is 8.37. The van der Waals surface area contributed by atoms with Gasteiger partial charge in [-0.2, -0.15) is 0 Å². The first-order valence-electron chi connectivity index (χ1n) is 11.5. The number of nitro groups is 1. The summed E-state index contributed by atoms with van der Waals surface area (Å²) in [5, 5.41) is 13.4. The zero-order valence-electron chi connectivity index (χ0n) is 20.0. The van der Waals surface area contributed by atoms with Gasteiger partial charge in [-0.3, -0.25) is 24.5 Å². The molecule has 0 saturated carbocycles. The van der Waals surface area contributed by atoms with Crippen LogP contribution in [0.3, 0.4) is 0 Å². The van der Waals surface area contributed by atoms with Crippen molar-refractivity contribution in [3.8, 4) is 0 Å². The molecule has 1 aliphatic heterocycles. The third kappa shape index (κ3) is 6.37. The molecule has 1 aromatic heterocycles. The Bertz CT molecular complexity index is 1310. The van der Waals surface area contributed by atoms with Crippen molar-refractivity contribution in [2.24, 2.45) is 0 Å². The molecule has 3 aromatic rings. The monoisotopic (exact) mass is 521 g/mol. The second-order valence-electron chi connectivity index (χ2n) is 8.37. The molecule has 1 fully saturated rings. The van der Waals surface area contributed by atoms with Gasteiger partial charge in [0.25, 0.3) is 5.69 Å². The minimum Gasteiger partial charge on any atom is -0.459 e. The number of carbonyl (C=O) groups excluding carboxylic acids is 4. The van der Waals surface area contributed by atoms with Crippen LogP contribution in [0.25, 0.3) is 0 Å². The molecule has 0 spiro atoms. The van der Waals surface area contributed by atoms with E-state index in [0.29, 0.717) is 5.56 Å². The molecule has 2 atom stereocenters. The summed E-state index contributed by atoms with van der Waals surface area (Å²) in [7, 11) is 0. The average molecular weight is 521 g/mol. The first-order valence-corrected chi connectivity index (χ1v) is 11.5. The average Bonchev–Trinajstić information content (AvgIpc) is 3.46. The maximum atomic E-state index is 12.8. The molecule has 1 saturated heterocycles. The van der Waals surface area contributed by atoms with Gasteiger partial charge in [-0.25, -0.2) is 14.3 Å². The van der Waals surface area contributed by atoms with Crippen LogP contribution in [-0.2, 0) is 36.9 Å². The number of nitrogens with one attached hydrogen (secondary N) is 1. The first kappa shape index (κ1) is 26.0. The van der Waals surface area contributed by atoms with E-state index in [2.05, 4.69) is 10.3 Å². The zero-order valence-corrected chi connectivity index (χ0v) is 20.0. The standard InChI is InChI=1S/C25H23N5O8/c31-21(12-17-4-2-1-3-5-17)27-23-20(15-38-25(34)28-11-10-26-16-28)29(24(23)33)13-22(32)37-14-18-6-8-19(9-7-18)30(35)36/h1-11,16,20,23H,12-15H2,(H,27,31)/t20-,23+/m1/s1. The molecular weight excluding hydrogens is 498 g/mol. The predicted octanol–water partition coefficient (Wildman–Crippen LogP) is 1.46. The van der Waals surface area contributed by atoms with Crippen LogP contribution in [0.5, 0.6) is 0 Å². The lowest BCUT2D eigenvalue weighted by Crippen LogP contribution is -2.73. The van der Waals surface area contributed by atoms with Crippen molar-refractivity contribution in [1.29, 1.82) is 0 Å². The number of nitrogens with zero attached hydrogens (tertiary/aromatic N) is 4. The Morgan fingerprint density at radius 2 is 1.76 bits per heavy atom. The summed E-state index contributed by atoms with van der Waals surface area (Å²) in [4.78, 5) is 65.2. The van der Waals surface area contributed by atoms with Crippen molar-refractivity contribution < 1.29 is 33.6 Å². The van der Waals surface area contributed by atoms with Crippen LogP contribution in [-0.4, -0.2) is 68.5 Å². The van der Waals surface area contributed by atoms with Crippen molar-refractivity contribution in [3.05, 3.63) is 94.6 Å². The van der Waals surface area contributed by atoms with Gasteiger partial charge in [-0.15, -0.1) is 0 Å². The molecule has 38 heavy (non-hydrogen) atoms. The van der Waals surface area contributed by atoms with Crippen molar-refractivity contribution in [1.82, 2.24) is 19.8 Å². The number of aromatic nitrogens is 2. The first-order chi connectivity index (χ1) is 18.3. The Kier molecular flexibility index (Phi) is 8.06. The van der Waals surface area contributed by atoms with Crippen molar-refractivity contribution in [2.45, 2.75) is 25.1 Å². The van der Waals surface area contributed by atoms with Crippen molar-refractivity contribution >= 4 is 29.6 Å². The van der Waals surface area contributed by atoms with Gasteiger partial charge in [0.15, 0.2) is 0 Å². The van der Waals surface area contributed by atoms with Crippen LogP contribution in [0.1, 0.15) is 11.1 Å². The van der Waals surface area contributed by atoms with E-state index in [1.807, 2.05) is 6.07 Å². The fourth-order valence-corrected chi connectivity index (χ4v) is 3.81. The molecule has 2 amide bonds. The van der Waals surface area contributed by atoms with Gasteiger partial charge in [0.05, 0.1) is 17.4 Å². The van der Waals surface area contributed by atoms with Crippen LogP contribution < -0.4 is 5.32 Å². The number of β-lactam (4-membered cyclic amide) rings is 1. The maximum absolute atomic E-state index is 12.8. The quantitative estimate of drug-likeness (QED) is 0.180. The molecule has 13 nitrogen and oxygen atoms in total. The molecule has 0 unspecified atom stereocenters. The Morgan fingerprint density at radius 3 is 2.42 bits per heavy atom. The van der Waals surface area contributed by atoms with Gasteiger partial charge >= 0.3 is 12.1 Å². The molecule has 2 aromatic carbocycles. The summed E-state index contributed by atoms with van der Waals surface area (Å²) >= 11 is 0. The lowest BCUT2D eigenvalue weighted by Gasteiger charge is -2.46. The molecule has 2 heterocycles. The summed E-state index contributed by atoms with van der Waals surface area (Å²) in [6.45, 7) is -0.880. The van der Waals surface area contributed by atoms with E-state index in [0.717, 1.165) is 15.0 Å². The van der Waals surface area contributed by atoms with E-state index < -0.39 is 47.4 Å². The van der Waals surface area contributed by atoms with E-state index in [9.17, 15) is 29.3 Å². The lowest BCUT2D eigenvalue weighted by molar-refractivity contribution is -0.384. The molecule has 13 heteroatoms. The smallest absolute Gasteiger partial charge is 0.419 e. The van der Waals surface area contributed by atoms with Crippen LogP contribution in [0.4, 0.5) is 10.5 Å². The highest BCUT2D eigenvalue weighted by atomic mass is 16.6. The van der Waals surface area contributed by atoms with E-state index >= 15 is 0 Å². The Balaban J connectivity index is 1.36. The SMILES string of the molecule is O=C(Cc1ccccc1)N[C@@H]1C(=O)N(CC(=O)OCc2ccc([N+](=O)[O-])cc2)[C@@H]1COC(=O)n1ccnc1. The number of benzene rings is 2. The summed E-state index contributed by atoms with van der Waals surface area (Å²) < 4.78 is 11.6. The van der Waals surface area contributed by atoms with Crippen molar-refractivity contribution in [2.75, 3.05) is 13.2 Å². The molecule has 1 N–H and O–H groups in total. The summed E-state index contributed by atoms with van der Waals surface area (Å²) in [6.07, 6.45) is 3.34. The number of hydrogen-bond donors (Lipinski definition) is 1. The molecule has 1 aliphatic rings. The largest absolute Gasteiger partial charge is 0.459 e. The molecule has 0 radical (unpaired) electrons. The minimum atomic E-state index is -0.996. The number of carbonyl (C=O) groups is 4. The van der Waals surface area contributed by atoms with E-state index in [1.54, 1.807) is 24.3 Å². The highest BCUT2D eigenvalue weighted by molar-refractivity contribution is 5.96. The number of hydrogen-bond acceptors (Lipinski definition) is 9. The van der Waals surface area contributed by atoms with Gasteiger partial charge in [-0.05, 0) is 23.3 Å². The molecule has 196 valence electrons. The summed E-state index contributed by atoms with van der Waals surface area (Å²) in [5.41, 5.74) is 1.18. The third-order valence-electron chi connectivity index (χ3n) is 5.80. The van der Waals surface area contributed by atoms with Crippen LogP contribution in [0.15, 0.2) is 73.3 Å².